The van der Waals surface area contributed by atoms with E-state index in [0.29, 0.717) is 19.5 Å². The summed E-state index contributed by atoms with van der Waals surface area (Å²) in [4.78, 5) is 0. The van der Waals surface area contributed by atoms with Gasteiger partial charge in [0.25, 0.3) is 6.98 Å². The molecule has 1 aliphatic heterocycles. The van der Waals surface area contributed by atoms with Gasteiger partial charge in [-0.15, -0.1) is 0 Å². The van der Waals surface area contributed by atoms with Crippen molar-refractivity contribution in [3.63, 3.8) is 0 Å². The molecule has 1 fully saturated rings. The molecule has 0 saturated carbocycles. The molecule has 0 aromatic carbocycles. The van der Waals surface area contributed by atoms with Gasteiger partial charge in [-0.2, -0.15) is 23.2 Å². The van der Waals surface area contributed by atoms with Crippen LogP contribution in [-0.2, 0) is 0 Å². The predicted octanol–water partition coefficient (Wildman–Crippen LogP) is 3.09. The minimum Gasteiger partial charge on any atom is -0.361 e. The fraction of sp³-hybridized carbons (Fsp3) is 1.00. The van der Waals surface area contributed by atoms with Crippen LogP contribution in [0.3, 0.4) is 0 Å². The van der Waals surface area contributed by atoms with Crippen LogP contribution in [0.5, 0.6) is 0 Å². The molecule has 0 atom stereocenters. The Morgan fingerprint density at radius 2 is 1.20 bits per heavy atom. The number of hydrogen-bond acceptors (Lipinski definition) is 5. The maximum atomic E-state index is 3.69. The molecular weight excluding hydrogens is 283 g/mol. The van der Waals surface area contributed by atoms with Gasteiger partial charge in [-0.3, -0.25) is 0 Å². The topological polar surface area (TPSA) is 36.1 Å². The standard InChI is InChI=1S/C12H30B3N3S2/c1-4-7-10-13-16-14(19-11-8-5-2)18-15(17-13)20-12-9-6-3/h16-18H,4-12H2,1-3H3. The first-order valence-corrected chi connectivity index (χ1v) is 10.4. The van der Waals surface area contributed by atoms with Crippen molar-refractivity contribution in [2.75, 3.05) is 11.5 Å². The fourth-order valence-corrected chi connectivity index (χ4v) is 4.56. The lowest BCUT2D eigenvalue weighted by Crippen LogP contribution is -2.72. The molecule has 0 spiro atoms. The van der Waals surface area contributed by atoms with Crippen LogP contribution in [0.2, 0.25) is 6.32 Å². The summed E-state index contributed by atoms with van der Waals surface area (Å²) in [6.45, 7) is 7.26. The lowest BCUT2D eigenvalue weighted by molar-refractivity contribution is 0.862. The Morgan fingerprint density at radius 1 is 0.700 bits per heavy atom. The van der Waals surface area contributed by atoms with E-state index in [1.807, 2.05) is 23.2 Å². The lowest BCUT2D eigenvalue weighted by atomic mass is 9.61. The Hall–Kier alpha value is 0.775. The van der Waals surface area contributed by atoms with E-state index in [1.165, 1.54) is 56.4 Å². The SMILES string of the molecule is CCCCSB1NB(CCCC)NB(SCCCC)N1. The summed E-state index contributed by atoms with van der Waals surface area (Å²) in [5.41, 5.74) is 0. The molecule has 3 N–H and O–H groups in total. The van der Waals surface area contributed by atoms with Crippen LogP contribution in [-0.4, -0.2) is 31.0 Å². The number of unbranched alkanes of at least 4 members (excludes halogenated alkanes) is 3. The third kappa shape index (κ3) is 8.27. The fourth-order valence-electron chi connectivity index (χ4n) is 2.11. The predicted molar refractivity (Wildman–Crippen MR) is 101 cm³/mol. The van der Waals surface area contributed by atoms with Crippen LogP contribution in [0.25, 0.3) is 0 Å². The summed E-state index contributed by atoms with van der Waals surface area (Å²) in [5.74, 6) is 2.49. The second-order valence-corrected chi connectivity index (χ2v) is 7.83. The molecule has 0 radical (unpaired) electrons. The first kappa shape index (κ1) is 18.8. The van der Waals surface area contributed by atoms with E-state index in [9.17, 15) is 0 Å². The van der Waals surface area contributed by atoms with Crippen LogP contribution in [0, 0.1) is 0 Å². The van der Waals surface area contributed by atoms with Gasteiger partial charge in [0.15, 0.2) is 0 Å². The van der Waals surface area contributed by atoms with Gasteiger partial charge < -0.3 is 15.4 Å². The summed E-state index contributed by atoms with van der Waals surface area (Å²) in [6, 6.07) is 0. The van der Waals surface area contributed by atoms with E-state index in [4.69, 9.17) is 0 Å². The third-order valence-electron chi connectivity index (χ3n) is 3.42. The Morgan fingerprint density at radius 3 is 1.65 bits per heavy atom. The Labute approximate surface area is 135 Å². The van der Waals surface area contributed by atoms with Crippen molar-refractivity contribution >= 4 is 42.7 Å². The highest BCUT2D eigenvalue weighted by molar-refractivity contribution is 8.28. The van der Waals surface area contributed by atoms with Gasteiger partial charge in [0, 0.05) is 0 Å². The molecule has 0 bridgehead atoms. The average Bonchev–Trinajstić information content (AvgIpc) is 2.46. The summed E-state index contributed by atoms with van der Waals surface area (Å²) >= 11 is 4.05. The zero-order chi connectivity index (χ0) is 14.6. The van der Waals surface area contributed by atoms with Crippen molar-refractivity contribution < 1.29 is 0 Å². The minimum absolute atomic E-state index is 0.406. The van der Waals surface area contributed by atoms with Crippen molar-refractivity contribution in [3.8, 4) is 0 Å². The quantitative estimate of drug-likeness (QED) is 0.404. The molecule has 8 heteroatoms. The summed E-state index contributed by atoms with van der Waals surface area (Å²) in [7, 11) is 0. The molecule has 114 valence electrons. The van der Waals surface area contributed by atoms with Crippen LogP contribution < -0.4 is 15.4 Å². The summed E-state index contributed by atoms with van der Waals surface area (Å²) < 4.78 is 0. The number of nitrogens with one attached hydrogen (secondary N) is 3. The number of hydrogen-bond donors (Lipinski definition) is 3. The highest BCUT2D eigenvalue weighted by atomic mass is 32.2. The Bertz CT molecular complexity index is 222. The molecule has 1 saturated heterocycles. The average molecular weight is 313 g/mol. The normalized spacial score (nSPS) is 16.1. The van der Waals surface area contributed by atoms with Crippen LogP contribution in [0.4, 0.5) is 0 Å². The number of rotatable bonds is 11. The summed E-state index contributed by atoms with van der Waals surface area (Å²) in [6.07, 6.45) is 9.80. The summed E-state index contributed by atoms with van der Waals surface area (Å²) in [5, 5.41) is 11.1. The monoisotopic (exact) mass is 313 g/mol. The van der Waals surface area contributed by atoms with E-state index in [2.05, 4.69) is 36.2 Å². The molecule has 0 aliphatic carbocycles. The smallest absolute Gasteiger partial charge is 0.356 e. The zero-order valence-electron chi connectivity index (χ0n) is 13.4. The van der Waals surface area contributed by atoms with Gasteiger partial charge in [0.05, 0.1) is 0 Å². The molecular formula is C12H30B3N3S2. The minimum atomic E-state index is 0.406. The lowest BCUT2D eigenvalue weighted by Gasteiger charge is -2.32. The second kappa shape index (κ2) is 12.3. The largest absolute Gasteiger partial charge is 0.361 e. The first-order valence-electron chi connectivity index (χ1n) is 8.31. The molecule has 0 amide bonds. The molecule has 0 aromatic heterocycles. The Balaban J connectivity index is 2.35. The van der Waals surface area contributed by atoms with E-state index >= 15 is 0 Å². The molecule has 0 unspecified atom stereocenters. The van der Waals surface area contributed by atoms with Gasteiger partial charge >= 0.3 is 12.5 Å². The van der Waals surface area contributed by atoms with Gasteiger partial charge in [-0.25, -0.2) is 0 Å². The second-order valence-electron chi connectivity index (χ2n) is 5.40. The van der Waals surface area contributed by atoms with Crippen molar-refractivity contribution in [1.29, 1.82) is 0 Å². The third-order valence-corrected chi connectivity index (χ3v) is 5.68. The first-order chi connectivity index (χ1) is 9.80. The zero-order valence-corrected chi connectivity index (χ0v) is 15.0. The van der Waals surface area contributed by atoms with Crippen molar-refractivity contribution in [2.45, 2.75) is 65.6 Å². The van der Waals surface area contributed by atoms with E-state index in [1.54, 1.807) is 0 Å². The Kier molecular flexibility index (Phi) is 11.6. The van der Waals surface area contributed by atoms with Crippen molar-refractivity contribution in [3.05, 3.63) is 0 Å². The maximum Gasteiger partial charge on any atom is 0.356 e. The van der Waals surface area contributed by atoms with Gasteiger partial charge in [-0.1, -0.05) is 46.5 Å². The highest BCUT2D eigenvalue weighted by Crippen LogP contribution is 2.14. The molecule has 3 nitrogen and oxygen atoms in total. The van der Waals surface area contributed by atoms with Gasteiger partial charge in [-0.05, 0) is 30.7 Å². The van der Waals surface area contributed by atoms with Gasteiger partial charge in [0.1, 0.15) is 0 Å². The van der Waals surface area contributed by atoms with E-state index < -0.39 is 0 Å². The van der Waals surface area contributed by atoms with Crippen molar-refractivity contribution in [1.82, 2.24) is 15.4 Å². The van der Waals surface area contributed by atoms with Crippen LogP contribution >= 0.6 is 23.2 Å². The van der Waals surface area contributed by atoms with Crippen LogP contribution in [0.1, 0.15) is 59.3 Å². The molecule has 20 heavy (non-hydrogen) atoms. The van der Waals surface area contributed by atoms with Gasteiger partial charge in [0.2, 0.25) is 0 Å². The van der Waals surface area contributed by atoms with Crippen LogP contribution in [0.15, 0.2) is 0 Å². The van der Waals surface area contributed by atoms with E-state index in [0.717, 1.165) is 0 Å². The maximum absolute atomic E-state index is 3.69. The van der Waals surface area contributed by atoms with E-state index in [-0.39, 0.29) is 0 Å². The molecule has 1 aliphatic rings. The molecule has 0 aromatic rings. The molecule has 1 rings (SSSR count). The molecule has 1 heterocycles. The highest BCUT2D eigenvalue weighted by Gasteiger charge is 2.35. The van der Waals surface area contributed by atoms with Crippen molar-refractivity contribution in [2.24, 2.45) is 0 Å².